The number of nitrogens with one attached hydrogen (secondary N) is 1. The summed E-state index contributed by atoms with van der Waals surface area (Å²) in [4.78, 5) is 29.4. The monoisotopic (exact) mass is 378 g/mol. The van der Waals surface area contributed by atoms with Crippen molar-refractivity contribution < 1.29 is 22.7 Å². The van der Waals surface area contributed by atoms with Crippen LogP contribution in [-0.2, 0) is 19.4 Å². The molecule has 0 aliphatic carbocycles. The zero-order valence-electron chi connectivity index (χ0n) is 14.6. The number of rotatable bonds is 6. The number of amides is 1. The predicted molar refractivity (Wildman–Crippen MR) is 97.6 cm³/mol. The predicted octanol–water partition coefficient (Wildman–Crippen LogP) is 1.75. The van der Waals surface area contributed by atoms with Crippen molar-refractivity contribution in [2.24, 2.45) is 0 Å². The molecule has 1 fully saturated rings. The highest BCUT2D eigenvalue weighted by Gasteiger charge is 2.34. The van der Waals surface area contributed by atoms with Crippen molar-refractivity contribution in [3.63, 3.8) is 0 Å². The molecule has 140 valence electrons. The van der Waals surface area contributed by atoms with Crippen molar-refractivity contribution in [2.45, 2.75) is 25.8 Å². The number of fused-ring (bicyclic) bond motifs is 1. The van der Waals surface area contributed by atoms with E-state index in [1.165, 1.54) is 4.90 Å². The lowest BCUT2D eigenvalue weighted by Crippen LogP contribution is -2.43. The number of sulfone groups is 1. The van der Waals surface area contributed by atoms with Gasteiger partial charge < -0.3 is 14.6 Å². The Morgan fingerprint density at radius 1 is 1.31 bits per heavy atom. The van der Waals surface area contributed by atoms with Gasteiger partial charge >= 0.3 is 5.97 Å². The van der Waals surface area contributed by atoms with Gasteiger partial charge in [0.2, 0.25) is 0 Å². The number of para-hydroxylation sites is 1. The van der Waals surface area contributed by atoms with Crippen LogP contribution in [-0.4, -0.2) is 60.9 Å². The maximum atomic E-state index is 12.5. The number of nitrogens with zero attached hydrogens (tertiary/aromatic N) is 1. The number of carbonyl (C=O) groups is 2. The molecule has 26 heavy (non-hydrogen) atoms. The average Bonchev–Trinajstić information content (AvgIpc) is 3.20. The number of hydrogen-bond acceptors (Lipinski definition) is 5. The van der Waals surface area contributed by atoms with Crippen molar-refractivity contribution in [3.8, 4) is 0 Å². The van der Waals surface area contributed by atoms with Gasteiger partial charge in [0.1, 0.15) is 0 Å². The Bertz CT molecular complexity index is 919. The minimum absolute atomic E-state index is 0.0187. The van der Waals surface area contributed by atoms with Gasteiger partial charge in [0.25, 0.3) is 5.91 Å². The van der Waals surface area contributed by atoms with E-state index in [9.17, 15) is 18.0 Å². The van der Waals surface area contributed by atoms with Gasteiger partial charge in [0.15, 0.2) is 16.4 Å². The number of carbonyl (C=O) groups excluding carboxylic acids is 2. The third-order valence-electron chi connectivity index (χ3n) is 4.57. The third-order valence-corrected chi connectivity index (χ3v) is 6.32. The topological polar surface area (TPSA) is 96.5 Å². The van der Waals surface area contributed by atoms with Crippen LogP contribution in [0.5, 0.6) is 0 Å². The number of aromatic nitrogens is 1. The lowest BCUT2D eigenvalue weighted by molar-refractivity contribution is -0.136. The van der Waals surface area contributed by atoms with Crippen LogP contribution in [0.4, 0.5) is 0 Å². The van der Waals surface area contributed by atoms with E-state index >= 15 is 0 Å². The van der Waals surface area contributed by atoms with Crippen LogP contribution < -0.4 is 0 Å². The van der Waals surface area contributed by atoms with Crippen LogP contribution in [0, 0.1) is 0 Å². The number of aromatic amines is 1. The smallest absolute Gasteiger partial charge is 0.340 e. The van der Waals surface area contributed by atoms with E-state index in [1.54, 1.807) is 12.3 Å². The molecule has 1 amide bonds. The minimum atomic E-state index is -3.09. The molecule has 2 aromatic rings. The van der Waals surface area contributed by atoms with Gasteiger partial charge in [0.05, 0.1) is 17.1 Å². The molecular formula is C18H22N2O5S. The molecule has 1 atom stereocenters. The molecule has 8 heteroatoms. The highest BCUT2D eigenvalue weighted by molar-refractivity contribution is 7.91. The number of hydrogen-bond donors (Lipinski definition) is 1. The Labute approximate surface area is 152 Å². The summed E-state index contributed by atoms with van der Waals surface area (Å²) in [5.74, 6) is -0.858. The minimum Gasteiger partial charge on any atom is -0.452 e. The zero-order chi connectivity index (χ0) is 18.7. The van der Waals surface area contributed by atoms with E-state index in [1.807, 2.05) is 25.1 Å². The maximum absolute atomic E-state index is 12.5. The molecular weight excluding hydrogens is 356 g/mol. The highest BCUT2D eigenvalue weighted by Crippen LogP contribution is 2.20. The molecule has 3 rings (SSSR count). The first kappa shape index (κ1) is 18.4. The molecule has 1 aliphatic rings. The van der Waals surface area contributed by atoms with E-state index in [0.717, 1.165) is 10.9 Å². The lowest BCUT2D eigenvalue weighted by Gasteiger charge is -2.27. The molecule has 1 aromatic carbocycles. The first-order valence-electron chi connectivity index (χ1n) is 8.64. The molecule has 0 spiro atoms. The zero-order valence-corrected chi connectivity index (χ0v) is 15.4. The van der Waals surface area contributed by atoms with Gasteiger partial charge in [0, 0.05) is 29.7 Å². The summed E-state index contributed by atoms with van der Waals surface area (Å²) in [6.45, 7) is 1.97. The summed E-state index contributed by atoms with van der Waals surface area (Å²) in [5, 5.41) is 0.734. The van der Waals surface area contributed by atoms with E-state index < -0.39 is 22.4 Å². The molecule has 1 N–H and O–H groups in total. The molecule has 1 aromatic heterocycles. The number of esters is 1. The van der Waals surface area contributed by atoms with Crippen LogP contribution in [0.2, 0.25) is 0 Å². The fourth-order valence-corrected chi connectivity index (χ4v) is 5.03. The van der Waals surface area contributed by atoms with E-state index in [2.05, 4.69) is 4.98 Å². The van der Waals surface area contributed by atoms with Gasteiger partial charge in [-0.05, 0) is 18.9 Å². The summed E-state index contributed by atoms with van der Waals surface area (Å²) in [6.07, 6.45) is 2.70. The number of ether oxygens (including phenoxy) is 1. The van der Waals surface area contributed by atoms with Crippen molar-refractivity contribution in [3.05, 3.63) is 36.0 Å². The highest BCUT2D eigenvalue weighted by atomic mass is 32.2. The van der Waals surface area contributed by atoms with Crippen LogP contribution in [0.25, 0.3) is 10.9 Å². The molecule has 0 unspecified atom stereocenters. The van der Waals surface area contributed by atoms with Crippen molar-refractivity contribution in [1.29, 1.82) is 0 Å². The third kappa shape index (κ3) is 3.90. The second-order valence-electron chi connectivity index (χ2n) is 6.47. The SMILES string of the molecule is CCCN(C(=O)COC(=O)c1c[nH]c2ccccc12)[C@H]1CCS(=O)(=O)C1. The quantitative estimate of drug-likeness (QED) is 0.773. The van der Waals surface area contributed by atoms with Gasteiger partial charge in [-0.25, -0.2) is 13.2 Å². The van der Waals surface area contributed by atoms with Crippen molar-refractivity contribution in [1.82, 2.24) is 9.88 Å². The van der Waals surface area contributed by atoms with Crippen molar-refractivity contribution >= 4 is 32.6 Å². The van der Waals surface area contributed by atoms with Crippen LogP contribution in [0.3, 0.4) is 0 Å². The summed E-state index contributed by atoms with van der Waals surface area (Å²) in [7, 11) is -3.09. The molecule has 1 aliphatic heterocycles. The molecule has 2 heterocycles. The first-order valence-corrected chi connectivity index (χ1v) is 10.5. The van der Waals surface area contributed by atoms with Gasteiger partial charge in [-0.2, -0.15) is 0 Å². The van der Waals surface area contributed by atoms with Crippen LogP contribution >= 0.6 is 0 Å². The van der Waals surface area contributed by atoms with Gasteiger partial charge in [-0.1, -0.05) is 25.1 Å². The standard InChI is InChI=1S/C18H22N2O5S/c1-2-8-20(13-7-9-26(23,24)12-13)17(21)11-25-18(22)15-10-19-16-6-4-3-5-14(15)16/h3-6,10,13,19H,2,7-9,11-12H2,1H3/t13-/m0/s1. The number of H-pyrrole nitrogens is 1. The summed E-state index contributed by atoms with van der Waals surface area (Å²) in [6, 6.07) is 6.99. The summed E-state index contributed by atoms with van der Waals surface area (Å²) in [5.41, 5.74) is 1.19. The van der Waals surface area contributed by atoms with Crippen molar-refractivity contribution in [2.75, 3.05) is 24.7 Å². The molecule has 7 nitrogen and oxygen atoms in total. The molecule has 0 bridgehead atoms. The normalized spacial score (nSPS) is 18.7. The maximum Gasteiger partial charge on any atom is 0.340 e. The second-order valence-corrected chi connectivity index (χ2v) is 8.70. The van der Waals surface area contributed by atoms with Gasteiger partial charge in [-0.15, -0.1) is 0 Å². The molecule has 0 saturated carbocycles. The van der Waals surface area contributed by atoms with E-state index in [4.69, 9.17) is 4.74 Å². The Morgan fingerprint density at radius 2 is 2.08 bits per heavy atom. The Kier molecular flexibility index (Phi) is 5.31. The fourth-order valence-electron chi connectivity index (χ4n) is 3.30. The Hall–Kier alpha value is -2.35. The Morgan fingerprint density at radius 3 is 2.77 bits per heavy atom. The average molecular weight is 378 g/mol. The summed E-state index contributed by atoms with van der Waals surface area (Å²) < 4.78 is 28.6. The fraction of sp³-hybridized carbons (Fsp3) is 0.444. The number of benzene rings is 1. The van der Waals surface area contributed by atoms with Crippen LogP contribution in [0.15, 0.2) is 30.5 Å². The van der Waals surface area contributed by atoms with E-state index in [0.29, 0.717) is 24.9 Å². The lowest BCUT2D eigenvalue weighted by atomic mass is 10.2. The second kappa shape index (κ2) is 7.49. The largest absolute Gasteiger partial charge is 0.452 e. The summed E-state index contributed by atoms with van der Waals surface area (Å²) >= 11 is 0. The molecule has 0 radical (unpaired) electrons. The first-order chi connectivity index (χ1) is 12.4. The van der Waals surface area contributed by atoms with Crippen LogP contribution in [0.1, 0.15) is 30.1 Å². The molecule has 1 saturated heterocycles. The van der Waals surface area contributed by atoms with Gasteiger partial charge in [-0.3, -0.25) is 4.79 Å². The Balaban J connectivity index is 1.65. The van der Waals surface area contributed by atoms with E-state index in [-0.39, 0.29) is 23.5 Å².